The third-order valence-electron chi connectivity index (χ3n) is 3.88. The van der Waals surface area contributed by atoms with E-state index < -0.39 is 0 Å². The highest BCUT2D eigenvalue weighted by Crippen LogP contribution is 2.38. The Balaban J connectivity index is 1.51. The second kappa shape index (κ2) is 5.98. The van der Waals surface area contributed by atoms with Gasteiger partial charge < -0.3 is 9.63 Å². The van der Waals surface area contributed by atoms with Crippen LogP contribution in [0.4, 0.5) is 0 Å². The first-order valence-corrected chi connectivity index (χ1v) is 7.23. The lowest BCUT2D eigenvalue weighted by atomic mass is 10.3. The second-order valence-electron chi connectivity index (χ2n) is 5.52. The Labute approximate surface area is 113 Å². The van der Waals surface area contributed by atoms with Crippen LogP contribution in [0.25, 0.3) is 0 Å². The number of aliphatic hydroxyl groups excluding tert-OH is 1. The Kier molecular flexibility index (Phi) is 4.10. The van der Waals surface area contributed by atoms with Crippen molar-refractivity contribution in [3.8, 4) is 0 Å². The van der Waals surface area contributed by atoms with Crippen molar-refractivity contribution in [1.29, 1.82) is 0 Å². The molecule has 0 radical (unpaired) electrons. The van der Waals surface area contributed by atoms with E-state index in [1.807, 2.05) is 0 Å². The predicted octanol–water partition coefficient (Wildman–Crippen LogP) is 0.447. The minimum Gasteiger partial charge on any atom is -0.395 e. The molecule has 6 heteroatoms. The molecular weight excluding hydrogens is 244 g/mol. The summed E-state index contributed by atoms with van der Waals surface area (Å²) in [6.07, 6.45) is 3.54. The average molecular weight is 266 g/mol. The third kappa shape index (κ3) is 3.52. The van der Waals surface area contributed by atoms with Crippen LogP contribution in [0.1, 0.15) is 36.9 Å². The molecule has 3 rings (SSSR count). The van der Waals surface area contributed by atoms with E-state index in [0.717, 1.165) is 57.4 Å². The molecule has 1 aromatic heterocycles. The van der Waals surface area contributed by atoms with Gasteiger partial charge in [0.1, 0.15) is 0 Å². The highest BCUT2D eigenvalue weighted by molar-refractivity contribution is 5.03. The fourth-order valence-electron chi connectivity index (χ4n) is 2.58. The minimum atomic E-state index is 0.244. The molecule has 1 aliphatic heterocycles. The van der Waals surface area contributed by atoms with Gasteiger partial charge in [-0.1, -0.05) is 5.16 Å². The van der Waals surface area contributed by atoms with Crippen molar-refractivity contribution in [3.05, 3.63) is 11.7 Å². The molecule has 1 saturated heterocycles. The summed E-state index contributed by atoms with van der Waals surface area (Å²) in [4.78, 5) is 9.15. The molecule has 1 saturated carbocycles. The molecule has 0 aromatic carbocycles. The molecule has 2 heterocycles. The first kappa shape index (κ1) is 13.0. The quantitative estimate of drug-likeness (QED) is 0.834. The highest BCUT2D eigenvalue weighted by Gasteiger charge is 2.29. The predicted molar refractivity (Wildman–Crippen MR) is 69.7 cm³/mol. The van der Waals surface area contributed by atoms with Crippen LogP contribution in [0, 0.1) is 0 Å². The van der Waals surface area contributed by atoms with Crippen LogP contribution in [-0.4, -0.2) is 64.4 Å². The number of aliphatic hydroxyl groups is 1. The van der Waals surface area contributed by atoms with Gasteiger partial charge in [-0.3, -0.25) is 9.80 Å². The smallest absolute Gasteiger partial charge is 0.240 e. The molecule has 6 nitrogen and oxygen atoms in total. The van der Waals surface area contributed by atoms with E-state index in [1.54, 1.807) is 0 Å². The van der Waals surface area contributed by atoms with Crippen molar-refractivity contribution in [2.45, 2.75) is 31.7 Å². The summed E-state index contributed by atoms with van der Waals surface area (Å²) in [5, 5.41) is 13.0. The summed E-state index contributed by atoms with van der Waals surface area (Å²) in [5.74, 6) is 2.20. The number of nitrogens with zero attached hydrogens (tertiary/aromatic N) is 4. The highest BCUT2D eigenvalue weighted by atomic mass is 16.5. The van der Waals surface area contributed by atoms with Gasteiger partial charge in [0.05, 0.1) is 13.2 Å². The van der Waals surface area contributed by atoms with Crippen molar-refractivity contribution in [1.82, 2.24) is 19.9 Å². The van der Waals surface area contributed by atoms with E-state index in [0.29, 0.717) is 5.92 Å². The molecule has 1 N–H and O–H groups in total. The molecule has 0 atom stereocenters. The van der Waals surface area contributed by atoms with E-state index in [4.69, 9.17) is 9.63 Å². The van der Waals surface area contributed by atoms with Crippen LogP contribution in [0.2, 0.25) is 0 Å². The van der Waals surface area contributed by atoms with E-state index in [1.165, 1.54) is 12.8 Å². The Morgan fingerprint density at radius 2 is 1.95 bits per heavy atom. The zero-order valence-electron chi connectivity index (χ0n) is 11.3. The van der Waals surface area contributed by atoms with Crippen LogP contribution in [0.15, 0.2) is 4.52 Å². The zero-order chi connectivity index (χ0) is 13.1. The molecule has 0 bridgehead atoms. The number of β-amino-alcohol motifs (C(OH)–C–C–N with tert-alkyl or cyclic N) is 1. The lowest BCUT2D eigenvalue weighted by Gasteiger charge is -2.19. The van der Waals surface area contributed by atoms with Crippen molar-refractivity contribution in [3.63, 3.8) is 0 Å². The second-order valence-corrected chi connectivity index (χ2v) is 5.52. The fraction of sp³-hybridized carbons (Fsp3) is 0.846. The first-order chi connectivity index (χ1) is 9.35. The number of aromatic nitrogens is 2. The monoisotopic (exact) mass is 266 g/mol. The van der Waals surface area contributed by atoms with Crippen LogP contribution < -0.4 is 0 Å². The Morgan fingerprint density at radius 3 is 2.74 bits per heavy atom. The standard InChI is InChI=1S/C13H22N4O2/c18-9-8-16-4-1-5-17(7-6-16)10-12-14-13(15-19-12)11-2-3-11/h11,18H,1-10H2. The maximum atomic E-state index is 8.98. The van der Waals surface area contributed by atoms with Crippen LogP contribution in [0.3, 0.4) is 0 Å². The van der Waals surface area contributed by atoms with Gasteiger partial charge >= 0.3 is 0 Å². The zero-order valence-corrected chi connectivity index (χ0v) is 11.3. The minimum absolute atomic E-state index is 0.244. The van der Waals surface area contributed by atoms with Gasteiger partial charge in [-0.15, -0.1) is 0 Å². The lowest BCUT2D eigenvalue weighted by molar-refractivity contribution is 0.191. The number of rotatable bonds is 5. The SMILES string of the molecule is OCCN1CCCN(Cc2nc(C3CC3)no2)CC1. The molecule has 0 unspecified atom stereocenters. The van der Waals surface area contributed by atoms with E-state index in [-0.39, 0.29) is 6.61 Å². The average Bonchev–Trinajstić information content (AvgIpc) is 3.18. The Morgan fingerprint density at radius 1 is 1.16 bits per heavy atom. The molecular formula is C13H22N4O2. The van der Waals surface area contributed by atoms with E-state index >= 15 is 0 Å². The summed E-state index contributed by atoms with van der Waals surface area (Å²) in [6.45, 7) is 5.91. The summed E-state index contributed by atoms with van der Waals surface area (Å²) in [7, 11) is 0. The molecule has 19 heavy (non-hydrogen) atoms. The fourth-order valence-corrected chi connectivity index (χ4v) is 2.58. The van der Waals surface area contributed by atoms with E-state index in [9.17, 15) is 0 Å². The van der Waals surface area contributed by atoms with Gasteiger partial charge in [-0.25, -0.2) is 0 Å². The van der Waals surface area contributed by atoms with Crippen molar-refractivity contribution >= 4 is 0 Å². The third-order valence-corrected chi connectivity index (χ3v) is 3.88. The Bertz CT molecular complexity index is 405. The van der Waals surface area contributed by atoms with Crippen molar-refractivity contribution < 1.29 is 9.63 Å². The molecule has 2 aliphatic rings. The maximum Gasteiger partial charge on any atom is 0.240 e. The molecule has 0 amide bonds. The normalized spacial score (nSPS) is 22.6. The molecule has 106 valence electrons. The molecule has 0 spiro atoms. The van der Waals surface area contributed by atoms with Gasteiger partial charge in [0.2, 0.25) is 5.89 Å². The van der Waals surface area contributed by atoms with Crippen LogP contribution >= 0.6 is 0 Å². The molecule has 1 aromatic rings. The maximum absolute atomic E-state index is 8.98. The van der Waals surface area contributed by atoms with Gasteiger partial charge in [0.25, 0.3) is 0 Å². The first-order valence-electron chi connectivity index (χ1n) is 7.23. The van der Waals surface area contributed by atoms with Gasteiger partial charge in [-0.2, -0.15) is 4.98 Å². The summed E-state index contributed by atoms with van der Waals surface area (Å²) < 4.78 is 5.33. The molecule has 1 aliphatic carbocycles. The van der Waals surface area contributed by atoms with Gasteiger partial charge in [0, 0.05) is 25.6 Å². The van der Waals surface area contributed by atoms with Crippen LogP contribution in [0.5, 0.6) is 0 Å². The summed E-state index contributed by atoms with van der Waals surface area (Å²) in [6, 6.07) is 0. The van der Waals surface area contributed by atoms with Crippen LogP contribution in [-0.2, 0) is 6.54 Å². The number of hydrogen-bond donors (Lipinski definition) is 1. The van der Waals surface area contributed by atoms with Crippen molar-refractivity contribution in [2.24, 2.45) is 0 Å². The summed E-state index contributed by atoms with van der Waals surface area (Å²) in [5.41, 5.74) is 0. The van der Waals surface area contributed by atoms with Crippen molar-refractivity contribution in [2.75, 3.05) is 39.3 Å². The lowest BCUT2D eigenvalue weighted by Crippen LogP contribution is -2.32. The number of hydrogen-bond acceptors (Lipinski definition) is 6. The summed E-state index contributed by atoms with van der Waals surface area (Å²) >= 11 is 0. The van der Waals surface area contributed by atoms with Gasteiger partial charge in [-0.05, 0) is 32.4 Å². The van der Waals surface area contributed by atoms with E-state index in [2.05, 4.69) is 19.9 Å². The largest absolute Gasteiger partial charge is 0.395 e. The van der Waals surface area contributed by atoms with Gasteiger partial charge in [0.15, 0.2) is 5.82 Å². The molecule has 2 fully saturated rings. The Hall–Kier alpha value is -0.980. The topological polar surface area (TPSA) is 65.6 Å².